The van der Waals surface area contributed by atoms with Crippen LogP contribution in [-0.2, 0) is 0 Å². The molecule has 0 aliphatic rings. The molecule has 0 spiro atoms. The highest BCUT2D eigenvalue weighted by Gasteiger charge is 2.06. The van der Waals surface area contributed by atoms with Crippen LogP contribution in [0.5, 0.6) is 5.88 Å². The van der Waals surface area contributed by atoms with Crippen LogP contribution in [0.15, 0.2) is 6.33 Å². The van der Waals surface area contributed by atoms with Gasteiger partial charge >= 0.3 is 0 Å². The van der Waals surface area contributed by atoms with Crippen LogP contribution in [0.4, 0.5) is 5.82 Å². The third-order valence-corrected chi connectivity index (χ3v) is 3.01. The average molecular weight is 251 g/mol. The van der Waals surface area contributed by atoms with Gasteiger partial charge in [-0.1, -0.05) is 39.0 Å². The molecule has 0 aliphatic carbocycles. The summed E-state index contributed by atoms with van der Waals surface area (Å²) in [6, 6.07) is 0. The first-order chi connectivity index (χ1) is 8.79. The molecule has 0 fully saturated rings. The van der Waals surface area contributed by atoms with Crippen molar-refractivity contribution in [3.05, 3.63) is 11.9 Å². The van der Waals surface area contributed by atoms with E-state index in [1.165, 1.54) is 38.4 Å². The molecule has 18 heavy (non-hydrogen) atoms. The Kier molecular flexibility index (Phi) is 7.14. The fourth-order valence-electron chi connectivity index (χ4n) is 1.88. The molecule has 1 aromatic heterocycles. The van der Waals surface area contributed by atoms with E-state index in [0.29, 0.717) is 5.88 Å². The first-order valence-electron chi connectivity index (χ1n) is 6.91. The summed E-state index contributed by atoms with van der Waals surface area (Å²) in [6.45, 7) is 4.95. The Hall–Kier alpha value is -1.32. The Morgan fingerprint density at radius 3 is 2.56 bits per heavy atom. The van der Waals surface area contributed by atoms with Gasteiger partial charge in [0.1, 0.15) is 12.1 Å². The zero-order valence-electron chi connectivity index (χ0n) is 11.8. The first-order valence-corrected chi connectivity index (χ1v) is 6.91. The highest BCUT2D eigenvalue weighted by Crippen LogP contribution is 2.19. The number of rotatable bonds is 9. The quantitative estimate of drug-likeness (QED) is 0.682. The molecule has 1 aromatic rings. The smallest absolute Gasteiger partial charge is 0.221 e. The van der Waals surface area contributed by atoms with Crippen LogP contribution in [0.1, 0.15) is 51.0 Å². The second-order valence-electron chi connectivity index (χ2n) is 4.52. The molecule has 0 aromatic carbocycles. The van der Waals surface area contributed by atoms with Crippen molar-refractivity contribution in [3.8, 4) is 5.88 Å². The summed E-state index contributed by atoms with van der Waals surface area (Å²) in [4.78, 5) is 8.29. The van der Waals surface area contributed by atoms with E-state index >= 15 is 0 Å². The van der Waals surface area contributed by atoms with Crippen LogP contribution in [0.25, 0.3) is 0 Å². The number of hydrogen-bond acceptors (Lipinski definition) is 4. The second kappa shape index (κ2) is 8.72. The highest BCUT2D eigenvalue weighted by atomic mass is 16.5. The highest BCUT2D eigenvalue weighted by molar-refractivity contribution is 5.46. The van der Waals surface area contributed by atoms with Gasteiger partial charge in [0.2, 0.25) is 5.88 Å². The van der Waals surface area contributed by atoms with Crippen molar-refractivity contribution in [1.29, 1.82) is 0 Å². The zero-order valence-corrected chi connectivity index (χ0v) is 11.8. The Morgan fingerprint density at radius 1 is 1.11 bits per heavy atom. The van der Waals surface area contributed by atoms with Crippen molar-refractivity contribution < 1.29 is 4.74 Å². The molecule has 1 rings (SSSR count). The molecule has 0 atom stereocenters. The van der Waals surface area contributed by atoms with Crippen molar-refractivity contribution in [1.82, 2.24) is 9.97 Å². The standard InChI is InChI=1S/C14H25N3O/c1-4-5-6-7-8-9-10-18-14-12(2)13(15-3)16-11-17-14/h11H,4-10H2,1-3H3,(H,15,16,17). The van der Waals surface area contributed by atoms with Crippen molar-refractivity contribution in [3.63, 3.8) is 0 Å². The van der Waals surface area contributed by atoms with E-state index in [1.54, 1.807) is 0 Å². The molecule has 4 heteroatoms. The summed E-state index contributed by atoms with van der Waals surface area (Å²) >= 11 is 0. The Morgan fingerprint density at radius 2 is 1.83 bits per heavy atom. The summed E-state index contributed by atoms with van der Waals surface area (Å²) in [7, 11) is 1.85. The van der Waals surface area contributed by atoms with E-state index < -0.39 is 0 Å². The molecule has 0 amide bonds. The predicted octanol–water partition coefficient (Wildman–Crippen LogP) is 3.57. The Bertz CT molecular complexity index is 342. The molecular formula is C14H25N3O. The van der Waals surface area contributed by atoms with Gasteiger partial charge in [-0.3, -0.25) is 0 Å². The number of hydrogen-bond donors (Lipinski definition) is 1. The summed E-state index contributed by atoms with van der Waals surface area (Å²) in [5.41, 5.74) is 0.978. The summed E-state index contributed by atoms with van der Waals surface area (Å²) in [5, 5.41) is 3.03. The van der Waals surface area contributed by atoms with Gasteiger partial charge < -0.3 is 10.1 Å². The molecule has 0 saturated heterocycles. The molecule has 0 bridgehead atoms. The van der Waals surface area contributed by atoms with Crippen molar-refractivity contribution >= 4 is 5.82 Å². The summed E-state index contributed by atoms with van der Waals surface area (Å²) < 4.78 is 5.69. The topological polar surface area (TPSA) is 47.0 Å². The van der Waals surface area contributed by atoms with E-state index in [2.05, 4.69) is 22.2 Å². The van der Waals surface area contributed by atoms with Crippen molar-refractivity contribution in [2.24, 2.45) is 0 Å². The first kappa shape index (κ1) is 14.7. The van der Waals surface area contributed by atoms with Crippen LogP contribution in [0, 0.1) is 6.92 Å². The van der Waals surface area contributed by atoms with Gasteiger partial charge in [-0.25, -0.2) is 9.97 Å². The van der Waals surface area contributed by atoms with E-state index in [-0.39, 0.29) is 0 Å². The lowest BCUT2D eigenvalue weighted by Gasteiger charge is -2.10. The summed E-state index contributed by atoms with van der Waals surface area (Å²) in [6.07, 6.45) is 9.16. The zero-order chi connectivity index (χ0) is 13.2. The predicted molar refractivity (Wildman–Crippen MR) is 75.2 cm³/mol. The molecule has 1 heterocycles. The largest absolute Gasteiger partial charge is 0.477 e. The number of nitrogens with zero attached hydrogens (tertiary/aromatic N) is 2. The molecule has 102 valence electrons. The minimum Gasteiger partial charge on any atom is -0.477 e. The van der Waals surface area contributed by atoms with E-state index in [1.807, 2.05) is 14.0 Å². The molecular weight excluding hydrogens is 226 g/mol. The fourth-order valence-corrected chi connectivity index (χ4v) is 1.88. The van der Waals surface area contributed by atoms with Crippen LogP contribution in [-0.4, -0.2) is 23.6 Å². The van der Waals surface area contributed by atoms with E-state index in [0.717, 1.165) is 24.4 Å². The Labute approximate surface area is 110 Å². The third-order valence-electron chi connectivity index (χ3n) is 3.01. The minimum atomic E-state index is 0.697. The van der Waals surface area contributed by atoms with Crippen LogP contribution < -0.4 is 10.1 Å². The van der Waals surface area contributed by atoms with Crippen LogP contribution >= 0.6 is 0 Å². The Balaban J connectivity index is 2.23. The lowest BCUT2D eigenvalue weighted by Crippen LogP contribution is -2.04. The fraction of sp³-hybridized carbons (Fsp3) is 0.714. The molecule has 0 radical (unpaired) electrons. The SMILES string of the molecule is CCCCCCCCOc1ncnc(NC)c1C. The van der Waals surface area contributed by atoms with E-state index in [9.17, 15) is 0 Å². The normalized spacial score (nSPS) is 10.4. The molecule has 0 unspecified atom stereocenters. The average Bonchev–Trinajstić information content (AvgIpc) is 2.39. The van der Waals surface area contributed by atoms with Gasteiger partial charge in [-0.15, -0.1) is 0 Å². The third kappa shape index (κ3) is 4.90. The maximum Gasteiger partial charge on any atom is 0.221 e. The second-order valence-corrected chi connectivity index (χ2v) is 4.52. The molecule has 0 saturated carbocycles. The minimum absolute atomic E-state index is 0.697. The lowest BCUT2D eigenvalue weighted by molar-refractivity contribution is 0.291. The van der Waals surface area contributed by atoms with Gasteiger partial charge in [0.15, 0.2) is 0 Å². The maximum atomic E-state index is 5.69. The number of anilines is 1. The van der Waals surface area contributed by atoms with Crippen molar-refractivity contribution in [2.45, 2.75) is 52.4 Å². The molecule has 4 nitrogen and oxygen atoms in total. The van der Waals surface area contributed by atoms with Crippen LogP contribution in [0.3, 0.4) is 0 Å². The van der Waals surface area contributed by atoms with Crippen LogP contribution in [0.2, 0.25) is 0 Å². The maximum absolute atomic E-state index is 5.69. The lowest BCUT2D eigenvalue weighted by atomic mass is 10.1. The van der Waals surface area contributed by atoms with Gasteiger partial charge in [0.05, 0.1) is 12.2 Å². The van der Waals surface area contributed by atoms with Gasteiger partial charge in [0, 0.05) is 7.05 Å². The van der Waals surface area contributed by atoms with Gasteiger partial charge in [0.25, 0.3) is 0 Å². The van der Waals surface area contributed by atoms with Gasteiger partial charge in [-0.2, -0.15) is 0 Å². The molecule has 1 N–H and O–H groups in total. The number of aromatic nitrogens is 2. The van der Waals surface area contributed by atoms with Gasteiger partial charge in [-0.05, 0) is 13.3 Å². The monoisotopic (exact) mass is 251 g/mol. The number of nitrogens with one attached hydrogen (secondary N) is 1. The number of unbranched alkanes of at least 4 members (excludes halogenated alkanes) is 5. The number of ether oxygens (including phenoxy) is 1. The molecule has 0 aliphatic heterocycles. The van der Waals surface area contributed by atoms with Crippen molar-refractivity contribution in [2.75, 3.05) is 19.0 Å². The van der Waals surface area contributed by atoms with E-state index in [4.69, 9.17) is 4.74 Å². The summed E-state index contributed by atoms with van der Waals surface area (Å²) in [5.74, 6) is 1.53.